The Morgan fingerprint density at radius 3 is 2.44 bits per heavy atom. The number of halogens is 3. The van der Waals surface area contributed by atoms with Gasteiger partial charge in [-0.05, 0) is 31.7 Å². The summed E-state index contributed by atoms with van der Waals surface area (Å²) in [6.07, 6.45) is -1.65. The molecule has 4 rings (SSSR count). The minimum atomic E-state index is -4.72. The second-order valence-electron chi connectivity index (χ2n) is 6.91. The van der Waals surface area contributed by atoms with Gasteiger partial charge < -0.3 is 10.2 Å². The van der Waals surface area contributed by atoms with E-state index in [-0.39, 0.29) is 16.3 Å². The van der Waals surface area contributed by atoms with Crippen molar-refractivity contribution in [2.24, 2.45) is 0 Å². The van der Waals surface area contributed by atoms with Gasteiger partial charge in [-0.3, -0.25) is 5.32 Å². The number of piperidine rings is 1. The van der Waals surface area contributed by atoms with Gasteiger partial charge in [0.2, 0.25) is 5.54 Å². The molecule has 2 aliphatic rings. The van der Waals surface area contributed by atoms with Crippen molar-refractivity contribution in [2.45, 2.75) is 37.9 Å². The highest BCUT2D eigenvalue weighted by Gasteiger charge is 2.62. The Hall–Kier alpha value is -2.29. The molecule has 1 aromatic heterocycles. The van der Waals surface area contributed by atoms with E-state index in [2.05, 4.69) is 15.6 Å². The summed E-state index contributed by atoms with van der Waals surface area (Å²) in [6.45, 7) is 3.33. The molecule has 5 nitrogen and oxygen atoms in total. The molecule has 3 heterocycles. The molecule has 1 saturated heterocycles. The molecule has 2 aliphatic heterocycles. The van der Waals surface area contributed by atoms with Crippen molar-refractivity contribution in [1.82, 2.24) is 10.3 Å². The minimum absolute atomic E-state index is 0.0118. The number of hydrogen-bond acceptors (Lipinski definition) is 4. The molecule has 0 bridgehead atoms. The number of anilines is 2. The molecule has 0 saturated carbocycles. The molecule has 27 heavy (non-hydrogen) atoms. The highest BCUT2D eigenvalue weighted by atomic mass is 32.1. The van der Waals surface area contributed by atoms with E-state index in [1.54, 1.807) is 19.1 Å². The van der Waals surface area contributed by atoms with Crippen LogP contribution in [0.5, 0.6) is 0 Å². The molecule has 1 aromatic carbocycles. The topological polar surface area (TPSA) is 57.3 Å². The molecule has 1 unspecified atom stereocenters. The van der Waals surface area contributed by atoms with Crippen molar-refractivity contribution in [3.8, 4) is 0 Å². The van der Waals surface area contributed by atoms with Crippen LogP contribution >= 0.6 is 11.3 Å². The fourth-order valence-electron chi connectivity index (χ4n) is 3.60. The van der Waals surface area contributed by atoms with Crippen LogP contribution < -0.4 is 15.5 Å². The summed E-state index contributed by atoms with van der Waals surface area (Å²) < 4.78 is 43.2. The summed E-state index contributed by atoms with van der Waals surface area (Å²) in [5.74, 6) is -0.0118. The number of alkyl halides is 3. The summed E-state index contributed by atoms with van der Waals surface area (Å²) in [7, 11) is 0. The van der Waals surface area contributed by atoms with E-state index < -0.39 is 17.7 Å². The Morgan fingerprint density at radius 2 is 1.81 bits per heavy atom. The number of fused-ring (bicyclic) bond motifs is 1. The smallest absolute Gasteiger partial charge is 0.348 e. The number of nitrogens with one attached hydrogen (secondary N) is 2. The highest BCUT2D eigenvalue weighted by Crippen LogP contribution is 2.51. The van der Waals surface area contributed by atoms with Gasteiger partial charge in [0, 0.05) is 13.1 Å². The van der Waals surface area contributed by atoms with Crippen LogP contribution in [0.25, 0.3) is 0 Å². The first-order valence-corrected chi connectivity index (χ1v) is 9.62. The molecule has 9 heteroatoms. The third kappa shape index (κ3) is 2.93. The van der Waals surface area contributed by atoms with Crippen molar-refractivity contribution >= 4 is 28.3 Å². The predicted octanol–water partition coefficient (Wildman–Crippen LogP) is 4.38. The maximum Gasteiger partial charge on any atom is 0.421 e. The Balaban J connectivity index is 1.89. The summed E-state index contributed by atoms with van der Waals surface area (Å²) in [5, 5.41) is 5.12. The Morgan fingerprint density at radius 1 is 1.15 bits per heavy atom. The number of amides is 2. The zero-order valence-corrected chi connectivity index (χ0v) is 15.5. The van der Waals surface area contributed by atoms with E-state index in [0.29, 0.717) is 5.13 Å². The zero-order valence-electron chi connectivity index (χ0n) is 14.7. The maximum absolute atomic E-state index is 14.4. The third-order valence-corrected chi connectivity index (χ3v) is 6.26. The van der Waals surface area contributed by atoms with E-state index in [1.165, 1.54) is 12.1 Å². The first-order chi connectivity index (χ1) is 12.8. The average molecular weight is 396 g/mol. The van der Waals surface area contributed by atoms with Gasteiger partial charge in [0.1, 0.15) is 0 Å². The highest BCUT2D eigenvalue weighted by molar-refractivity contribution is 7.16. The van der Waals surface area contributed by atoms with Crippen molar-refractivity contribution in [3.63, 3.8) is 0 Å². The quantitative estimate of drug-likeness (QED) is 0.792. The first kappa shape index (κ1) is 18.1. The normalized spacial score (nSPS) is 22.8. The standard InChI is InChI=1S/C18H19F3N4OS/c1-11-5-7-12(8-6-11)17(18(19,20)21)13-14(22-15(26)24-17)23-16(27-13)25-9-3-2-4-10-25/h5-8H,2-4,9-10H2,1H3,(H2,22,24,26). The van der Waals surface area contributed by atoms with Gasteiger partial charge in [0.15, 0.2) is 10.9 Å². The fourth-order valence-corrected chi connectivity index (χ4v) is 4.87. The number of rotatable bonds is 2. The second kappa shape index (κ2) is 6.40. The minimum Gasteiger partial charge on any atom is -0.348 e. The summed E-state index contributed by atoms with van der Waals surface area (Å²) >= 11 is 0.994. The van der Waals surface area contributed by atoms with Crippen LogP contribution in [0, 0.1) is 6.92 Å². The molecule has 0 spiro atoms. The van der Waals surface area contributed by atoms with Crippen LogP contribution in [0.2, 0.25) is 0 Å². The van der Waals surface area contributed by atoms with Crippen LogP contribution in [0.4, 0.5) is 28.9 Å². The number of carbonyl (C=O) groups is 1. The van der Waals surface area contributed by atoms with Gasteiger partial charge >= 0.3 is 12.2 Å². The zero-order chi connectivity index (χ0) is 19.2. The molecule has 1 fully saturated rings. The van der Waals surface area contributed by atoms with E-state index >= 15 is 0 Å². The largest absolute Gasteiger partial charge is 0.421 e. The van der Waals surface area contributed by atoms with Gasteiger partial charge in [-0.25, -0.2) is 9.78 Å². The predicted molar refractivity (Wildman–Crippen MR) is 98.3 cm³/mol. The lowest BCUT2D eigenvalue weighted by Crippen LogP contribution is -2.60. The van der Waals surface area contributed by atoms with Crippen LogP contribution in [0.1, 0.15) is 35.3 Å². The molecule has 144 valence electrons. The number of thiazole rings is 1. The molecular formula is C18H19F3N4OS. The SMILES string of the molecule is Cc1ccc(C2(C(F)(F)F)NC(=O)Nc3nc(N4CCCCC4)sc32)cc1. The lowest BCUT2D eigenvalue weighted by atomic mass is 9.86. The van der Waals surface area contributed by atoms with Crippen LogP contribution in [-0.2, 0) is 5.54 Å². The van der Waals surface area contributed by atoms with Gasteiger partial charge in [0.25, 0.3) is 0 Å². The van der Waals surface area contributed by atoms with E-state index in [4.69, 9.17) is 0 Å². The number of nitrogens with zero attached hydrogens (tertiary/aromatic N) is 2. The molecule has 0 radical (unpaired) electrons. The molecule has 2 N–H and O–H groups in total. The monoisotopic (exact) mass is 396 g/mol. The molecular weight excluding hydrogens is 377 g/mol. The Kier molecular flexibility index (Phi) is 4.29. The molecule has 2 amide bonds. The number of benzene rings is 1. The van der Waals surface area contributed by atoms with Crippen molar-refractivity contribution in [2.75, 3.05) is 23.3 Å². The van der Waals surface area contributed by atoms with Gasteiger partial charge in [-0.1, -0.05) is 41.2 Å². The first-order valence-electron chi connectivity index (χ1n) is 8.80. The third-order valence-electron chi connectivity index (χ3n) is 5.03. The summed E-state index contributed by atoms with van der Waals surface area (Å²) in [6, 6.07) is 5.15. The Labute approximate surface area is 158 Å². The number of urea groups is 1. The van der Waals surface area contributed by atoms with Gasteiger partial charge in [0.05, 0.1) is 4.88 Å². The van der Waals surface area contributed by atoms with Gasteiger partial charge in [-0.2, -0.15) is 13.2 Å². The van der Waals surface area contributed by atoms with Crippen molar-refractivity contribution < 1.29 is 18.0 Å². The molecule has 1 atom stereocenters. The molecule has 0 aliphatic carbocycles. The van der Waals surface area contributed by atoms with Crippen LogP contribution in [0.3, 0.4) is 0 Å². The lowest BCUT2D eigenvalue weighted by molar-refractivity contribution is -0.183. The fraction of sp³-hybridized carbons (Fsp3) is 0.444. The number of aromatic nitrogens is 1. The average Bonchev–Trinajstić information content (AvgIpc) is 3.05. The van der Waals surface area contributed by atoms with E-state index in [9.17, 15) is 18.0 Å². The number of aryl methyl sites for hydroxylation is 1. The molecule has 2 aromatic rings. The van der Waals surface area contributed by atoms with E-state index in [1.807, 2.05) is 4.90 Å². The Bertz CT molecular complexity index is 858. The summed E-state index contributed by atoms with van der Waals surface area (Å²) in [4.78, 5) is 18.5. The lowest BCUT2D eigenvalue weighted by Gasteiger charge is -2.39. The number of hydrogen-bond donors (Lipinski definition) is 2. The van der Waals surface area contributed by atoms with Crippen molar-refractivity contribution in [3.05, 3.63) is 40.3 Å². The second-order valence-corrected chi connectivity index (χ2v) is 7.89. The summed E-state index contributed by atoms with van der Waals surface area (Å²) in [5.41, 5.74) is -1.79. The maximum atomic E-state index is 14.4. The van der Waals surface area contributed by atoms with Crippen molar-refractivity contribution in [1.29, 1.82) is 0 Å². The van der Waals surface area contributed by atoms with Crippen LogP contribution in [-0.4, -0.2) is 30.3 Å². The van der Waals surface area contributed by atoms with E-state index in [0.717, 1.165) is 49.3 Å². The van der Waals surface area contributed by atoms with Crippen LogP contribution in [0.15, 0.2) is 24.3 Å². The van der Waals surface area contributed by atoms with Gasteiger partial charge in [-0.15, -0.1) is 0 Å². The number of carbonyl (C=O) groups excluding carboxylic acids is 1.